The average molecular weight is 251 g/mol. The maximum Gasteiger partial charge on any atom is 0.270 e. The van der Waals surface area contributed by atoms with Crippen molar-refractivity contribution in [2.45, 2.75) is 39.5 Å². The van der Waals surface area contributed by atoms with Crippen LogP contribution in [0.25, 0.3) is 0 Å². The number of nitrogens with zero attached hydrogens (tertiary/aromatic N) is 2. The van der Waals surface area contributed by atoms with Crippen molar-refractivity contribution in [1.29, 1.82) is 0 Å². The number of nitrogen functional groups attached to an aromatic ring is 1. The van der Waals surface area contributed by atoms with E-state index in [1.165, 1.54) is 0 Å². The largest absolute Gasteiger partial charge is 0.397 e. The summed E-state index contributed by atoms with van der Waals surface area (Å²) in [4.78, 5) is 14.3. The van der Waals surface area contributed by atoms with Gasteiger partial charge in [0.2, 0.25) is 0 Å². The van der Waals surface area contributed by atoms with Crippen LogP contribution in [-0.4, -0.2) is 40.7 Å². The van der Waals surface area contributed by atoms with Crippen molar-refractivity contribution in [3.8, 4) is 0 Å². The van der Waals surface area contributed by atoms with Crippen LogP contribution >= 0.6 is 0 Å². The van der Waals surface area contributed by atoms with Gasteiger partial charge >= 0.3 is 0 Å². The summed E-state index contributed by atoms with van der Waals surface area (Å²) in [5.41, 5.74) is 7.06. The van der Waals surface area contributed by atoms with Gasteiger partial charge in [0.25, 0.3) is 5.91 Å². The molecule has 1 amide bonds. The van der Waals surface area contributed by atoms with Gasteiger partial charge in [-0.1, -0.05) is 0 Å². The number of morpholine rings is 1. The molecule has 100 valence electrons. The molecule has 2 unspecified atom stereocenters. The molecule has 1 aliphatic heterocycles. The molecule has 1 saturated heterocycles. The fourth-order valence-corrected chi connectivity index (χ4v) is 2.48. The molecule has 1 fully saturated rings. The smallest absolute Gasteiger partial charge is 0.270 e. The molecular weight excluding hydrogens is 230 g/mol. The van der Waals surface area contributed by atoms with E-state index in [-0.39, 0.29) is 18.1 Å². The normalized spacial score (nSPS) is 24.3. The molecule has 0 saturated carbocycles. The van der Waals surface area contributed by atoms with Gasteiger partial charge in [0.05, 0.1) is 17.9 Å². The molecule has 2 heterocycles. The maximum atomic E-state index is 12.5. The van der Waals surface area contributed by atoms with Crippen LogP contribution in [0.2, 0.25) is 0 Å². The lowest BCUT2D eigenvalue weighted by atomic mass is 10.2. The molecule has 0 aliphatic carbocycles. The number of rotatable bonds is 2. The second-order valence-corrected chi connectivity index (χ2v) is 4.91. The predicted molar refractivity (Wildman–Crippen MR) is 70.4 cm³/mol. The summed E-state index contributed by atoms with van der Waals surface area (Å²) in [6.07, 6.45) is 1.97. The summed E-state index contributed by atoms with van der Waals surface area (Å²) < 4.78 is 7.53. The van der Waals surface area contributed by atoms with Crippen molar-refractivity contribution >= 4 is 11.6 Å². The van der Waals surface area contributed by atoms with Crippen molar-refractivity contribution in [3.05, 3.63) is 18.0 Å². The zero-order valence-electron chi connectivity index (χ0n) is 11.2. The van der Waals surface area contributed by atoms with Crippen LogP contribution in [0.5, 0.6) is 0 Å². The maximum absolute atomic E-state index is 12.5. The van der Waals surface area contributed by atoms with Gasteiger partial charge in [0.15, 0.2) is 0 Å². The summed E-state index contributed by atoms with van der Waals surface area (Å²) in [5, 5.41) is 0. The minimum Gasteiger partial charge on any atom is -0.397 e. The minimum absolute atomic E-state index is 0.0375. The first-order valence-electron chi connectivity index (χ1n) is 6.41. The highest BCUT2D eigenvalue weighted by molar-refractivity contribution is 5.94. The third-order valence-corrected chi connectivity index (χ3v) is 3.18. The molecule has 2 N–H and O–H groups in total. The Labute approximate surface area is 108 Å². The second kappa shape index (κ2) is 5.02. The quantitative estimate of drug-likeness (QED) is 0.863. The van der Waals surface area contributed by atoms with E-state index in [1.807, 2.05) is 30.2 Å². The van der Waals surface area contributed by atoms with Gasteiger partial charge in [0, 0.05) is 25.8 Å². The van der Waals surface area contributed by atoms with E-state index in [2.05, 4.69) is 0 Å². The highest BCUT2D eigenvalue weighted by atomic mass is 16.5. The molecule has 2 atom stereocenters. The van der Waals surface area contributed by atoms with Crippen LogP contribution < -0.4 is 5.73 Å². The number of carbonyl (C=O) groups is 1. The molecule has 5 heteroatoms. The third-order valence-electron chi connectivity index (χ3n) is 3.18. The Balaban J connectivity index is 2.19. The highest BCUT2D eigenvalue weighted by Crippen LogP contribution is 2.17. The number of ether oxygens (including phenoxy) is 1. The van der Waals surface area contributed by atoms with E-state index in [0.29, 0.717) is 24.5 Å². The molecule has 0 spiro atoms. The first-order chi connectivity index (χ1) is 8.51. The van der Waals surface area contributed by atoms with Crippen LogP contribution in [0.15, 0.2) is 12.3 Å². The lowest BCUT2D eigenvalue weighted by Gasteiger charge is -2.35. The van der Waals surface area contributed by atoms with Crippen LogP contribution in [-0.2, 0) is 11.3 Å². The Kier molecular flexibility index (Phi) is 3.61. The molecule has 1 aromatic heterocycles. The zero-order valence-corrected chi connectivity index (χ0v) is 11.2. The zero-order chi connectivity index (χ0) is 13.3. The Morgan fingerprint density at radius 3 is 2.61 bits per heavy atom. The third kappa shape index (κ3) is 2.51. The Hall–Kier alpha value is -1.49. The lowest BCUT2D eigenvalue weighted by molar-refractivity contribution is -0.0588. The van der Waals surface area contributed by atoms with Crippen molar-refractivity contribution in [3.63, 3.8) is 0 Å². The van der Waals surface area contributed by atoms with Crippen LogP contribution in [0.3, 0.4) is 0 Å². The van der Waals surface area contributed by atoms with Crippen molar-refractivity contribution in [1.82, 2.24) is 9.47 Å². The van der Waals surface area contributed by atoms with E-state index in [0.717, 1.165) is 6.54 Å². The monoisotopic (exact) mass is 251 g/mol. The average Bonchev–Trinajstić information content (AvgIpc) is 2.68. The van der Waals surface area contributed by atoms with E-state index in [1.54, 1.807) is 12.3 Å². The number of nitrogens with two attached hydrogens (primary N) is 1. The van der Waals surface area contributed by atoms with Crippen molar-refractivity contribution < 1.29 is 9.53 Å². The molecule has 18 heavy (non-hydrogen) atoms. The van der Waals surface area contributed by atoms with Gasteiger partial charge in [-0.15, -0.1) is 0 Å². The topological polar surface area (TPSA) is 60.5 Å². The Bertz CT molecular complexity index is 431. The number of carbonyl (C=O) groups excluding carboxylic acids is 1. The Morgan fingerprint density at radius 1 is 1.44 bits per heavy atom. The minimum atomic E-state index is 0.0375. The first-order valence-corrected chi connectivity index (χ1v) is 6.41. The van der Waals surface area contributed by atoms with Crippen LogP contribution in [0.4, 0.5) is 5.69 Å². The molecular formula is C13H21N3O2. The van der Waals surface area contributed by atoms with Gasteiger partial charge in [0.1, 0.15) is 5.69 Å². The molecule has 5 nitrogen and oxygen atoms in total. The fraction of sp³-hybridized carbons (Fsp3) is 0.615. The van der Waals surface area contributed by atoms with Gasteiger partial charge in [-0.2, -0.15) is 0 Å². The number of amides is 1. The molecule has 2 rings (SSSR count). The molecule has 0 bridgehead atoms. The molecule has 1 aromatic rings. The Morgan fingerprint density at radius 2 is 2.06 bits per heavy atom. The van der Waals surface area contributed by atoms with Gasteiger partial charge in [-0.25, -0.2) is 0 Å². The highest BCUT2D eigenvalue weighted by Gasteiger charge is 2.28. The summed E-state index contributed by atoms with van der Waals surface area (Å²) in [7, 11) is 0. The van der Waals surface area contributed by atoms with Crippen LogP contribution in [0, 0.1) is 0 Å². The number of aryl methyl sites for hydroxylation is 1. The summed E-state index contributed by atoms with van der Waals surface area (Å²) in [6, 6.07) is 1.75. The fourth-order valence-electron chi connectivity index (χ4n) is 2.48. The summed E-state index contributed by atoms with van der Waals surface area (Å²) in [6.45, 7) is 8.00. The standard InChI is InChI=1S/C13H21N3O2/c1-4-15-8-11(14)5-12(15)13(17)16-6-9(2)18-10(3)7-16/h5,8-10H,4,6-7,14H2,1-3H3. The van der Waals surface area contributed by atoms with Gasteiger partial charge < -0.3 is 19.9 Å². The second-order valence-electron chi connectivity index (χ2n) is 4.91. The lowest BCUT2D eigenvalue weighted by Crippen LogP contribution is -2.48. The molecule has 0 radical (unpaired) electrons. The van der Waals surface area contributed by atoms with Crippen molar-refractivity contribution in [2.24, 2.45) is 0 Å². The van der Waals surface area contributed by atoms with E-state index in [4.69, 9.17) is 10.5 Å². The number of hydrogen-bond acceptors (Lipinski definition) is 3. The summed E-state index contributed by atoms with van der Waals surface area (Å²) >= 11 is 0. The van der Waals surface area contributed by atoms with Crippen LogP contribution in [0.1, 0.15) is 31.3 Å². The SMILES string of the molecule is CCn1cc(N)cc1C(=O)N1CC(C)OC(C)C1. The number of anilines is 1. The number of hydrogen-bond donors (Lipinski definition) is 1. The predicted octanol–water partition coefficient (Wildman–Crippen LogP) is 1.34. The van der Waals surface area contributed by atoms with Gasteiger partial charge in [-0.05, 0) is 26.8 Å². The summed E-state index contributed by atoms with van der Waals surface area (Å²) in [5.74, 6) is 0.0375. The van der Waals surface area contributed by atoms with Gasteiger partial charge in [-0.3, -0.25) is 4.79 Å². The van der Waals surface area contributed by atoms with E-state index in [9.17, 15) is 4.79 Å². The first kappa shape index (κ1) is 13.0. The number of aromatic nitrogens is 1. The van der Waals surface area contributed by atoms with Crippen molar-refractivity contribution in [2.75, 3.05) is 18.8 Å². The molecule has 1 aliphatic rings. The van der Waals surface area contributed by atoms with E-state index >= 15 is 0 Å². The van der Waals surface area contributed by atoms with E-state index < -0.39 is 0 Å². The molecule has 0 aromatic carbocycles.